The Balaban J connectivity index is 1.91. The van der Waals surface area contributed by atoms with E-state index in [1.54, 1.807) is 0 Å². The number of nitrogens with two attached hydrogens (primary N) is 1. The van der Waals surface area contributed by atoms with E-state index in [-0.39, 0.29) is 0 Å². The fraction of sp³-hybridized carbons (Fsp3) is 0.250. The standard InChI is InChI=1S/C16H20N2O/c1-13-4-2-3-5-16(13)18-12-14-6-8-15(9-7-14)19-11-10-17/h2-9,18H,10-12,17H2,1H3. The molecule has 3 heteroatoms. The van der Waals surface area contributed by atoms with Gasteiger partial charge in [-0.05, 0) is 36.2 Å². The Hall–Kier alpha value is -2.00. The molecule has 0 aliphatic rings. The first-order valence-corrected chi connectivity index (χ1v) is 6.51. The van der Waals surface area contributed by atoms with Gasteiger partial charge < -0.3 is 15.8 Å². The predicted octanol–water partition coefficient (Wildman–Crippen LogP) is 2.94. The molecule has 19 heavy (non-hydrogen) atoms. The molecule has 0 atom stereocenters. The Labute approximate surface area is 114 Å². The van der Waals surface area contributed by atoms with Gasteiger partial charge >= 0.3 is 0 Å². The van der Waals surface area contributed by atoms with Gasteiger partial charge in [-0.2, -0.15) is 0 Å². The summed E-state index contributed by atoms with van der Waals surface area (Å²) in [6.45, 7) is 4.01. The normalized spacial score (nSPS) is 10.2. The number of aryl methyl sites for hydroxylation is 1. The third kappa shape index (κ3) is 4.00. The lowest BCUT2D eigenvalue weighted by Gasteiger charge is -2.10. The molecule has 0 radical (unpaired) electrons. The van der Waals surface area contributed by atoms with Crippen LogP contribution in [-0.2, 0) is 6.54 Å². The third-order valence-corrected chi connectivity index (χ3v) is 2.94. The van der Waals surface area contributed by atoms with Crippen molar-refractivity contribution in [1.82, 2.24) is 0 Å². The lowest BCUT2D eigenvalue weighted by molar-refractivity contribution is 0.328. The van der Waals surface area contributed by atoms with E-state index in [0.717, 1.165) is 12.3 Å². The Morgan fingerprint density at radius 2 is 1.79 bits per heavy atom. The summed E-state index contributed by atoms with van der Waals surface area (Å²) in [5, 5.41) is 3.43. The maximum absolute atomic E-state index is 5.45. The summed E-state index contributed by atoms with van der Waals surface area (Å²) >= 11 is 0. The van der Waals surface area contributed by atoms with E-state index in [4.69, 9.17) is 10.5 Å². The van der Waals surface area contributed by atoms with E-state index in [9.17, 15) is 0 Å². The number of para-hydroxylation sites is 1. The Morgan fingerprint density at radius 1 is 1.05 bits per heavy atom. The van der Waals surface area contributed by atoms with Gasteiger partial charge in [-0.3, -0.25) is 0 Å². The molecule has 0 amide bonds. The van der Waals surface area contributed by atoms with E-state index in [1.165, 1.54) is 16.8 Å². The molecule has 3 N–H and O–H groups in total. The molecule has 0 unspecified atom stereocenters. The van der Waals surface area contributed by atoms with Gasteiger partial charge in [-0.1, -0.05) is 30.3 Å². The van der Waals surface area contributed by atoms with Crippen molar-refractivity contribution >= 4 is 5.69 Å². The summed E-state index contributed by atoms with van der Waals surface area (Å²) in [7, 11) is 0. The van der Waals surface area contributed by atoms with Crippen LogP contribution in [0, 0.1) is 6.92 Å². The summed E-state index contributed by atoms with van der Waals surface area (Å²) in [6.07, 6.45) is 0. The zero-order valence-corrected chi connectivity index (χ0v) is 11.2. The SMILES string of the molecule is Cc1ccccc1NCc1ccc(OCCN)cc1. The van der Waals surface area contributed by atoms with Gasteiger partial charge in [0.15, 0.2) is 0 Å². The van der Waals surface area contributed by atoms with E-state index in [1.807, 2.05) is 24.3 Å². The highest BCUT2D eigenvalue weighted by Crippen LogP contribution is 2.16. The highest BCUT2D eigenvalue weighted by Gasteiger charge is 1.98. The summed E-state index contributed by atoms with van der Waals surface area (Å²) in [6, 6.07) is 16.4. The highest BCUT2D eigenvalue weighted by molar-refractivity contribution is 5.50. The molecule has 0 saturated heterocycles. The second-order valence-electron chi connectivity index (χ2n) is 4.45. The van der Waals surface area contributed by atoms with E-state index < -0.39 is 0 Å². The van der Waals surface area contributed by atoms with Crippen LogP contribution in [0.4, 0.5) is 5.69 Å². The van der Waals surface area contributed by atoms with E-state index in [0.29, 0.717) is 13.2 Å². The molecule has 0 bridgehead atoms. The fourth-order valence-electron chi connectivity index (χ4n) is 1.85. The molecule has 2 rings (SSSR count). The van der Waals surface area contributed by atoms with Gasteiger partial charge in [0.1, 0.15) is 12.4 Å². The summed E-state index contributed by atoms with van der Waals surface area (Å²) in [5.74, 6) is 0.866. The molecule has 3 nitrogen and oxygen atoms in total. The second kappa shape index (κ2) is 6.81. The van der Waals surface area contributed by atoms with Gasteiger partial charge in [0.25, 0.3) is 0 Å². The molecule has 0 fully saturated rings. The Kier molecular flexibility index (Phi) is 4.81. The zero-order valence-electron chi connectivity index (χ0n) is 11.2. The highest BCUT2D eigenvalue weighted by atomic mass is 16.5. The molecule has 0 aliphatic carbocycles. The number of anilines is 1. The van der Waals surface area contributed by atoms with Crippen LogP contribution in [0.2, 0.25) is 0 Å². The number of benzene rings is 2. The van der Waals surface area contributed by atoms with E-state index >= 15 is 0 Å². The molecule has 0 aliphatic heterocycles. The van der Waals surface area contributed by atoms with Crippen LogP contribution in [0.25, 0.3) is 0 Å². The van der Waals surface area contributed by atoms with Gasteiger partial charge in [0, 0.05) is 18.8 Å². The number of hydrogen-bond acceptors (Lipinski definition) is 3. The van der Waals surface area contributed by atoms with Crippen LogP contribution in [-0.4, -0.2) is 13.2 Å². The van der Waals surface area contributed by atoms with Crippen molar-refractivity contribution in [2.45, 2.75) is 13.5 Å². The lowest BCUT2D eigenvalue weighted by atomic mass is 10.1. The molecule has 2 aromatic rings. The predicted molar refractivity (Wildman–Crippen MR) is 79.5 cm³/mol. The third-order valence-electron chi connectivity index (χ3n) is 2.94. The van der Waals surface area contributed by atoms with Crippen molar-refractivity contribution in [1.29, 1.82) is 0 Å². The topological polar surface area (TPSA) is 47.3 Å². The van der Waals surface area contributed by atoms with Crippen LogP contribution >= 0.6 is 0 Å². The van der Waals surface area contributed by atoms with Gasteiger partial charge in [0.2, 0.25) is 0 Å². The van der Waals surface area contributed by atoms with Crippen LogP contribution in [0.3, 0.4) is 0 Å². The zero-order chi connectivity index (χ0) is 13.5. The summed E-state index contributed by atoms with van der Waals surface area (Å²) in [5.41, 5.74) is 9.05. The maximum Gasteiger partial charge on any atom is 0.119 e. The second-order valence-corrected chi connectivity index (χ2v) is 4.45. The molecule has 0 spiro atoms. The number of hydrogen-bond donors (Lipinski definition) is 2. The summed E-state index contributed by atoms with van der Waals surface area (Å²) < 4.78 is 5.45. The van der Waals surface area contributed by atoms with Gasteiger partial charge in [0.05, 0.1) is 0 Å². The minimum Gasteiger partial charge on any atom is -0.492 e. The molecular formula is C16H20N2O. The van der Waals surface area contributed by atoms with Crippen LogP contribution in [0.1, 0.15) is 11.1 Å². The quantitative estimate of drug-likeness (QED) is 0.835. The molecule has 0 aromatic heterocycles. The average Bonchev–Trinajstić information content (AvgIpc) is 2.45. The van der Waals surface area contributed by atoms with Crippen molar-refractivity contribution < 1.29 is 4.74 Å². The van der Waals surface area contributed by atoms with Gasteiger partial charge in [-0.25, -0.2) is 0 Å². The number of rotatable bonds is 6. The van der Waals surface area contributed by atoms with Gasteiger partial charge in [-0.15, -0.1) is 0 Å². The van der Waals surface area contributed by atoms with Crippen molar-refractivity contribution in [3.05, 3.63) is 59.7 Å². The van der Waals surface area contributed by atoms with Crippen LogP contribution in [0.5, 0.6) is 5.75 Å². The number of nitrogens with one attached hydrogen (secondary N) is 1. The molecule has 2 aromatic carbocycles. The minimum atomic E-state index is 0.538. The Morgan fingerprint density at radius 3 is 2.47 bits per heavy atom. The van der Waals surface area contributed by atoms with Crippen molar-refractivity contribution in [3.8, 4) is 5.75 Å². The lowest BCUT2D eigenvalue weighted by Crippen LogP contribution is -2.10. The first-order chi connectivity index (χ1) is 9.29. The summed E-state index contributed by atoms with van der Waals surface area (Å²) in [4.78, 5) is 0. The average molecular weight is 256 g/mol. The van der Waals surface area contributed by atoms with Crippen LogP contribution < -0.4 is 15.8 Å². The van der Waals surface area contributed by atoms with Crippen molar-refractivity contribution in [2.24, 2.45) is 5.73 Å². The van der Waals surface area contributed by atoms with Crippen molar-refractivity contribution in [3.63, 3.8) is 0 Å². The number of ether oxygens (including phenoxy) is 1. The first kappa shape index (κ1) is 13.4. The van der Waals surface area contributed by atoms with Crippen molar-refractivity contribution in [2.75, 3.05) is 18.5 Å². The molecule has 0 saturated carbocycles. The maximum atomic E-state index is 5.45. The molecule has 0 heterocycles. The van der Waals surface area contributed by atoms with Crippen LogP contribution in [0.15, 0.2) is 48.5 Å². The smallest absolute Gasteiger partial charge is 0.119 e. The van der Waals surface area contributed by atoms with E-state index in [2.05, 4.69) is 36.5 Å². The molecule has 100 valence electrons. The Bertz CT molecular complexity index is 508. The monoisotopic (exact) mass is 256 g/mol. The minimum absolute atomic E-state index is 0.538. The largest absolute Gasteiger partial charge is 0.492 e. The fourth-order valence-corrected chi connectivity index (χ4v) is 1.85. The molecular weight excluding hydrogens is 236 g/mol. The first-order valence-electron chi connectivity index (χ1n) is 6.51.